The van der Waals surface area contributed by atoms with Gasteiger partial charge in [0.2, 0.25) is 0 Å². The summed E-state index contributed by atoms with van der Waals surface area (Å²) in [6, 6.07) is 10.3. The van der Waals surface area contributed by atoms with Crippen LogP contribution in [-0.4, -0.2) is 80.9 Å². The normalized spacial score (nSPS) is 20.5. The zero-order valence-corrected chi connectivity index (χ0v) is 23.9. The third-order valence-corrected chi connectivity index (χ3v) is 9.37. The number of rotatable bonds is 7. The van der Waals surface area contributed by atoms with Crippen molar-refractivity contribution < 1.29 is 14.2 Å². The van der Waals surface area contributed by atoms with Crippen LogP contribution in [0, 0.1) is 0 Å². The molecule has 0 N–H and O–H groups in total. The minimum Gasteiger partial charge on any atom is -0.381 e. The molecular formula is C31H38N6O4. The number of hydrogen-bond acceptors (Lipinski definition) is 8. The second kappa shape index (κ2) is 10.9. The molecule has 3 aliphatic heterocycles. The molecule has 7 rings (SSSR count). The molecule has 1 atom stereocenters. The number of hydrogen-bond donors (Lipinski definition) is 0. The van der Waals surface area contributed by atoms with Crippen molar-refractivity contribution in [3.8, 4) is 11.1 Å². The molecule has 6 heterocycles. The highest BCUT2D eigenvalue weighted by Gasteiger charge is 2.40. The van der Waals surface area contributed by atoms with Crippen LogP contribution in [0.1, 0.15) is 56.9 Å². The number of aryl methyl sites for hydroxylation is 1. The zero-order valence-electron chi connectivity index (χ0n) is 23.9. The van der Waals surface area contributed by atoms with E-state index in [0.29, 0.717) is 25.5 Å². The second-order valence-corrected chi connectivity index (χ2v) is 11.8. The maximum atomic E-state index is 13.3. The van der Waals surface area contributed by atoms with E-state index in [2.05, 4.69) is 34.2 Å². The van der Waals surface area contributed by atoms with Crippen LogP contribution < -0.4 is 5.69 Å². The predicted molar refractivity (Wildman–Crippen MR) is 156 cm³/mol. The molecule has 0 radical (unpaired) electrons. The molecule has 0 aliphatic carbocycles. The van der Waals surface area contributed by atoms with Crippen molar-refractivity contribution >= 4 is 22.1 Å². The number of ether oxygens (including phenoxy) is 3. The molecule has 0 unspecified atom stereocenters. The Kier molecular flexibility index (Phi) is 7.10. The summed E-state index contributed by atoms with van der Waals surface area (Å²) in [6.45, 7) is 8.10. The highest BCUT2D eigenvalue weighted by molar-refractivity contribution is 6.02. The zero-order chi connectivity index (χ0) is 28.0. The molecule has 3 fully saturated rings. The second-order valence-electron chi connectivity index (χ2n) is 11.8. The summed E-state index contributed by atoms with van der Waals surface area (Å²) in [5, 5.41) is 9.76. The van der Waals surface area contributed by atoms with E-state index < -0.39 is 0 Å². The number of fused-ring (bicyclic) bond motifs is 3. The van der Waals surface area contributed by atoms with Crippen LogP contribution in [0.25, 0.3) is 33.2 Å². The average Bonchev–Trinajstić information content (AvgIpc) is 3.26. The van der Waals surface area contributed by atoms with E-state index >= 15 is 0 Å². The number of piperidine rings is 1. The molecule has 10 heteroatoms. The van der Waals surface area contributed by atoms with Gasteiger partial charge in [0, 0.05) is 63.1 Å². The summed E-state index contributed by atoms with van der Waals surface area (Å²) in [5.74, 6) is 0. The Labute approximate surface area is 239 Å². The number of imidazole rings is 1. The molecule has 1 spiro atoms. The maximum absolute atomic E-state index is 13.3. The summed E-state index contributed by atoms with van der Waals surface area (Å²) in [4.78, 5) is 20.5. The van der Waals surface area contributed by atoms with Crippen LogP contribution in [0.2, 0.25) is 0 Å². The van der Waals surface area contributed by atoms with Gasteiger partial charge in [0.15, 0.2) is 5.65 Å². The van der Waals surface area contributed by atoms with Crippen molar-refractivity contribution in [2.24, 2.45) is 7.05 Å². The quantitative estimate of drug-likeness (QED) is 0.336. The standard InChI is InChI=1S/C31H38N6O4/c1-21(40-18-14-36-12-9-31(10-13-36)11-17-41-31)26-5-4-23(20-32-26)22-3-6-27-25(19-22)28-29(34-33-27)35(2)30(38)37(28)24-7-15-39-16-8-24/h3-6,19-21,24H,7-18H2,1-2H3/t21-/m1/s1. The fourth-order valence-corrected chi connectivity index (χ4v) is 6.58. The average molecular weight is 559 g/mol. The van der Waals surface area contributed by atoms with E-state index in [-0.39, 0.29) is 23.4 Å². The number of aromatic nitrogens is 5. The van der Waals surface area contributed by atoms with Crippen LogP contribution in [0.5, 0.6) is 0 Å². The highest BCUT2D eigenvalue weighted by Crippen LogP contribution is 2.36. The van der Waals surface area contributed by atoms with E-state index in [1.54, 1.807) is 11.6 Å². The fraction of sp³-hybridized carbons (Fsp3) is 0.548. The van der Waals surface area contributed by atoms with Gasteiger partial charge < -0.3 is 19.1 Å². The molecule has 216 valence electrons. The molecule has 10 nitrogen and oxygen atoms in total. The lowest BCUT2D eigenvalue weighted by Crippen LogP contribution is -2.52. The van der Waals surface area contributed by atoms with Gasteiger partial charge in [-0.05, 0) is 62.8 Å². The lowest BCUT2D eigenvalue weighted by atomic mass is 9.84. The predicted octanol–water partition coefficient (Wildman–Crippen LogP) is 4.03. The number of likely N-dealkylation sites (tertiary alicyclic amines) is 1. The van der Waals surface area contributed by atoms with Crippen molar-refractivity contribution in [2.45, 2.75) is 56.8 Å². The Morgan fingerprint density at radius 1 is 1.05 bits per heavy atom. The van der Waals surface area contributed by atoms with Gasteiger partial charge >= 0.3 is 5.69 Å². The minimum atomic E-state index is -0.0834. The molecular weight excluding hydrogens is 520 g/mol. The van der Waals surface area contributed by atoms with Gasteiger partial charge in [0.05, 0.1) is 36.1 Å². The maximum Gasteiger partial charge on any atom is 0.330 e. The Balaban J connectivity index is 1.07. The Hall–Kier alpha value is -3.18. The van der Waals surface area contributed by atoms with E-state index in [1.165, 1.54) is 6.42 Å². The molecule has 3 saturated heterocycles. The van der Waals surface area contributed by atoms with Crippen LogP contribution in [-0.2, 0) is 21.3 Å². The first-order valence-corrected chi connectivity index (χ1v) is 14.9. The first-order valence-electron chi connectivity index (χ1n) is 14.9. The third kappa shape index (κ3) is 4.97. The Bertz CT molecular complexity index is 1590. The van der Waals surface area contributed by atoms with Crippen LogP contribution in [0.4, 0.5) is 0 Å². The van der Waals surface area contributed by atoms with Crippen LogP contribution in [0.3, 0.4) is 0 Å². The van der Waals surface area contributed by atoms with Crippen molar-refractivity contribution in [3.05, 3.63) is 52.7 Å². The van der Waals surface area contributed by atoms with Gasteiger partial charge in [-0.25, -0.2) is 4.79 Å². The Morgan fingerprint density at radius 3 is 2.54 bits per heavy atom. The van der Waals surface area contributed by atoms with Crippen LogP contribution in [0.15, 0.2) is 41.3 Å². The van der Waals surface area contributed by atoms with Crippen molar-refractivity contribution in [1.82, 2.24) is 29.2 Å². The summed E-state index contributed by atoms with van der Waals surface area (Å²) in [5.41, 5.74) is 5.28. The summed E-state index contributed by atoms with van der Waals surface area (Å²) in [7, 11) is 1.77. The summed E-state index contributed by atoms with van der Waals surface area (Å²) >= 11 is 0. The fourth-order valence-electron chi connectivity index (χ4n) is 6.58. The van der Waals surface area contributed by atoms with E-state index in [0.717, 1.165) is 85.2 Å². The molecule has 0 saturated carbocycles. The SMILES string of the molecule is C[C@@H](OCCN1CCC2(CCO2)CC1)c1ccc(-c2ccc3nnc4c(c3c2)n(C2CCOCC2)c(=O)n4C)cn1. The molecule has 0 bridgehead atoms. The molecule has 3 aromatic heterocycles. The van der Waals surface area contributed by atoms with Crippen molar-refractivity contribution in [2.75, 3.05) is 46.1 Å². The van der Waals surface area contributed by atoms with Gasteiger partial charge in [-0.2, -0.15) is 0 Å². The molecule has 41 heavy (non-hydrogen) atoms. The molecule has 3 aliphatic rings. The van der Waals surface area contributed by atoms with Crippen molar-refractivity contribution in [3.63, 3.8) is 0 Å². The summed E-state index contributed by atoms with van der Waals surface area (Å²) in [6.07, 6.45) is 6.93. The first-order chi connectivity index (χ1) is 20.0. The third-order valence-electron chi connectivity index (χ3n) is 9.37. The van der Waals surface area contributed by atoms with E-state index in [4.69, 9.17) is 19.2 Å². The number of benzene rings is 1. The lowest BCUT2D eigenvalue weighted by Gasteiger charge is -2.47. The van der Waals surface area contributed by atoms with Crippen molar-refractivity contribution in [1.29, 1.82) is 0 Å². The van der Waals surface area contributed by atoms with Gasteiger partial charge in [0.1, 0.15) is 5.52 Å². The van der Waals surface area contributed by atoms with E-state index in [9.17, 15) is 4.79 Å². The van der Waals surface area contributed by atoms with E-state index in [1.807, 2.05) is 29.0 Å². The largest absolute Gasteiger partial charge is 0.381 e. The minimum absolute atomic E-state index is 0.0595. The van der Waals surface area contributed by atoms with Gasteiger partial charge in [-0.3, -0.25) is 14.1 Å². The molecule has 4 aromatic rings. The van der Waals surface area contributed by atoms with Crippen LogP contribution >= 0.6 is 0 Å². The topological polar surface area (TPSA) is 96.5 Å². The van der Waals surface area contributed by atoms with Gasteiger partial charge in [-0.1, -0.05) is 12.1 Å². The number of pyridine rings is 1. The molecule has 0 amide bonds. The Morgan fingerprint density at radius 2 is 1.83 bits per heavy atom. The lowest BCUT2D eigenvalue weighted by molar-refractivity contribution is -0.173. The highest BCUT2D eigenvalue weighted by atomic mass is 16.5. The number of nitrogens with zero attached hydrogens (tertiary/aromatic N) is 6. The monoisotopic (exact) mass is 558 g/mol. The van der Waals surface area contributed by atoms with Gasteiger partial charge in [0.25, 0.3) is 0 Å². The first kappa shape index (κ1) is 26.7. The summed E-state index contributed by atoms with van der Waals surface area (Å²) < 4.78 is 21.1. The van der Waals surface area contributed by atoms with Gasteiger partial charge in [-0.15, -0.1) is 10.2 Å². The molecule has 1 aromatic carbocycles. The smallest absolute Gasteiger partial charge is 0.330 e.